The third-order valence-corrected chi connectivity index (χ3v) is 7.43. The molecule has 212 valence electrons. The number of halogens is 2. The molecule has 2 N–H and O–H groups in total. The highest BCUT2D eigenvalue weighted by Crippen LogP contribution is 2.40. The zero-order chi connectivity index (χ0) is 29.7. The Morgan fingerprint density at radius 3 is 2.60 bits per heavy atom. The Morgan fingerprint density at radius 2 is 1.81 bits per heavy atom. The molecule has 1 amide bonds. The summed E-state index contributed by atoms with van der Waals surface area (Å²) in [5, 5.41) is 12.8. The molecule has 0 radical (unpaired) electrons. The lowest BCUT2D eigenvalue weighted by molar-refractivity contribution is -0.137. The number of aliphatic carboxylic acids is 1. The Morgan fingerprint density at radius 1 is 1.00 bits per heavy atom. The lowest BCUT2D eigenvalue weighted by Gasteiger charge is -2.25. The maximum absolute atomic E-state index is 15.7. The van der Waals surface area contributed by atoms with Crippen LogP contribution >= 0.6 is 0 Å². The molecular formula is C32H24F2N2O6. The first kappa shape index (κ1) is 26.9. The number of fused-ring (bicyclic) bond motifs is 7. The van der Waals surface area contributed by atoms with Crippen LogP contribution in [0.1, 0.15) is 40.8 Å². The highest BCUT2D eigenvalue weighted by atomic mass is 19.1. The molecule has 0 fully saturated rings. The van der Waals surface area contributed by atoms with Crippen molar-refractivity contribution < 1.29 is 32.6 Å². The van der Waals surface area contributed by atoms with Crippen molar-refractivity contribution in [1.29, 1.82) is 0 Å². The summed E-state index contributed by atoms with van der Waals surface area (Å²) in [4.78, 5) is 39.4. The zero-order valence-corrected chi connectivity index (χ0v) is 22.5. The van der Waals surface area contributed by atoms with Gasteiger partial charge in [-0.2, -0.15) is 0 Å². The maximum Gasteiger partial charge on any atom is 0.305 e. The SMILES string of the molecule is Cc1cc2cc(c1F)[C@@H](CC(=O)O)NC(=O)[C@@H](n1ccc3ccoc3c1=O)c1cc(ccc1F)Oc1cccc(C)c1-2. The minimum atomic E-state index is -1.63. The summed E-state index contributed by atoms with van der Waals surface area (Å²) in [5.74, 6) is -3.18. The summed E-state index contributed by atoms with van der Waals surface area (Å²) < 4.78 is 43.8. The number of amides is 1. The van der Waals surface area contributed by atoms with Crippen molar-refractivity contribution in [3.63, 3.8) is 0 Å². The number of benzene rings is 3. The number of carbonyl (C=O) groups is 2. The van der Waals surface area contributed by atoms with Crippen LogP contribution in [0.5, 0.6) is 11.5 Å². The number of nitrogens with one attached hydrogen (secondary N) is 1. The van der Waals surface area contributed by atoms with Crippen molar-refractivity contribution >= 4 is 22.8 Å². The summed E-state index contributed by atoms with van der Waals surface area (Å²) >= 11 is 0. The van der Waals surface area contributed by atoms with Gasteiger partial charge in [0, 0.05) is 28.3 Å². The zero-order valence-electron chi connectivity index (χ0n) is 22.5. The molecule has 2 aromatic heterocycles. The first-order chi connectivity index (χ1) is 20.1. The van der Waals surface area contributed by atoms with Gasteiger partial charge in [0.2, 0.25) is 5.91 Å². The summed E-state index contributed by atoms with van der Waals surface area (Å²) in [5.41, 5.74) is 1.10. The number of carboxylic acid groups (broad SMARTS) is 1. The normalized spacial score (nSPS) is 16.4. The molecule has 1 aliphatic rings. The van der Waals surface area contributed by atoms with Crippen LogP contribution < -0.4 is 15.6 Å². The van der Waals surface area contributed by atoms with Gasteiger partial charge < -0.3 is 19.6 Å². The fraction of sp³-hybridized carbons (Fsp3) is 0.156. The Balaban J connectivity index is 1.65. The van der Waals surface area contributed by atoms with Gasteiger partial charge in [-0.3, -0.25) is 19.0 Å². The first-order valence-electron chi connectivity index (χ1n) is 13.1. The largest absolute Gasteiger partial charge is 0.481 e. The molecule has 0 unspecified atom stereocenters. The van der Waals surface area contributed by atoms with Crippen molar-refractivity contribution in [1.82, 2.24) is 9.88 Å². The van der Waals surface area contributed by atoms with Crippen molar-refractivity contribution in [2.45, 2.75) is 32.4 Å². The molecule has 0 saturated carbocycles. The molecule has 0 spiro atoms. The number of aryl methyl sites for hydroxylation is 2. The van der Waals surface area contributed by atoms with E-state index in [2.05, 4.69) is 5.32 Å². The van der Waals surface area contributed by atoms with E-state index < -0.39 is 47.6 Å². The van der Waals surface area contributed by atoms with Crippen LogP contribution in [0, 0.1) is 25.5 Å². The fourth-order valence-corrected chi connectivity index (χ4v) is 5.47. The molecule has 0 saturated heterocycles. The average Bonchev–Trinajstić information content (AvgIpc) is 3.42. The van der Waals surface area contributed by atoms with Crippen LogP contribution in [0.3, 0.4) is 0 Å². The van der Waals surface area contributed by atoms with E-state index in [0.29, 0.717) is 22.3 Å². The van der Waals surface area contributed by atoms with Crippen LogP contribution in [0.15, 0.2) is 82.3 Å². The Bertz CT molecular complexity index is 1960. The number of ether oxygens (including phenoxy) is 1. The van der Waals surface area contributed by atoms with Gasteiger partial charge in [0.1, 0.15) is 29.2 Å². The van der Waals surface area contributed by atoms with Gasteiger partial charge in [-0.1, -0.05) is 12.1 Å². The van der Waals surface area contributed by atoms with Gasteiger partial charge in [-0.05, 0) is 79.1 Å². The number of hydrogen-bond donors (Lipinski definition) is 2. The van der Waals surface area contributed by atoms with Crippen molar-refractivity contribution in [2.75, 3.05) is 0 Å². The summed E-state index contributed by atoms with van der Waals surface area (Å²) in [6.07, 6.45) is 1.96. The molecule has 6 rings (SSSR count). The van der Waals surface area contributed by atoms with E-state index in [1.165, 1.54) is 43.6 Å². The van der Waals surface area contributed by atoms with Crippen LogP contribution in [-0.4, -0.2) is 21.6 Å². The quantitative estimate of drug-likeness (QED) is 0.268. The van der Waals surface area contributed by atoms with Crippen molar-refractivity contribution in [3.8, 4) is 22.6 Å². The van der Waals surface area contributed by atoms with Crippen LogP contribution in [0.4, 0.5) is 8.78 Å². The average molecular weight is 571 g/mol. The molecule has 2 atom stereocenters. The molecular weight excluding hydrogens is 546 g/mol. The van der Waals surface area contributed by atoms with Crippen molar-refractivity contribution in [2.24, 2.45) is 0 Å². The molecule has 3 heterocycles. The van der Waals surface area contributed by atoms with Crippen LogP contribution in [0.2, 0.25) is 0 Å². The van der Waals surface area contributed by atoms with E-state index in [1.807, 2.05) is 13.0 Å². The Kier molecular flexibility index (Phi) is 6.61. The number of furan rings is 1. The van der Waals surface area contributed by atoms with Gasteiger partial charge >= 0.3 is 5.97 Å². The minimum absolute atomic E-state index is 0.0538. The number of nitrogens with zero attached hydrogens (tertiary/aromatic N) is 1. The number of aromatic nitrogens is 1. The highest BCUT2D eigenvalue weighted by molar-refractivity contribution is 5.86. The third kappa shape index (κ3) is 4.60. The monoisotopic (exact) mass is 570 g/mol. The standard InChI is InChI=1S/C32H24F2N2O6/c1-16-4-3-5-25-27(16)19-12-17(2)28(34)22(13-19)24(15-26(37)38)35-31(39)29(21-14-20(42-25)6-7-23(21)33)36-10-8-18-9-11-41-30(18)32(36)40/h3-14,24,29H,15H2,1-2H3,(H,35,39)(H,37,38)/t24-,29+/m1/s1. The predicted molar refractivity (Wildman–Crippen MR) is 150 cm³/mol. The molecule has 8 nitrogen and oxygen atoms in total. The summed E-state index contributed by atoms with van der Waals surface area (Å²) in [6.45, 7) is 3.39. The van der Waals surface area contributed by atoms with Crippen LogP contribution in [0.25, 0.3) is 22.1 Å². The lowest BCUT2D eigenvalue weighted by Crippen LogP contribution is -2.40. The van der Waals surface area contributed by atoms with Crippen molar-refractivity contribution in [3.05, 3.63) is 117 Å². The number of rotatable bonds is 3. The molecule has 4 bridgehead atoms. The molecule has 42 heavy (non-hydrogen) atoms. The Hall–Kier alpha value is -5.25. The van der Waals surface area contributed by atoms with E-state index in [1.54, 1.807) is 24.3 Å². The molecule has 5 aromatic rings. The van der Waals surface area contributed by atoms with E-state index in [-0.39, 0.29) is 28.0 Å². The summed E-state index contributed by atoms with van der Waals surface area (Å²) in [7, 11) is 0. The molecule has 0 aliphatic carbocycles. The molecule has 3 aromatic carbocycles. The van der Waals surface area contributed by atoms with Gasteiger partial charge in [0.25, 0.3) is 5.56 Å². The van der Waals surface area contributed by atoms with Gasteiger partial charge in [0.15, 0.2) is 5.58 Å². The minimum Gasteiger partial charge on any atom is -0.481 e. The molecule has 10 heteroatoms. The fourth-order valence-electron chi connectivity index (χ4n) is 5.47. The second-order valence-corrected chi connectivity index (χ2v) is 10.2. The van der Waals surface area contributed by atoms with Gasteiger partial charge in [-0.15, -0.1) is 0 Å². The second kappa shape index (κ2) is 10.3. The lowest BCUT2D eigenvalue weighted by atomic mass is 9.92. The number of hydrogen-bond acceptors (Lipinski definition) is 5. The topological polar surface area (TPSA) is 111 Å². The van der Waals surface area contributed by atoms with Crippen LogP contribution in [-0.2, 0) is 9.59 Å². The van der Waals surface area contributed by atoms with E-state index >= 15 is 8.78 Å². The van der Waals surface area contributed by atoms with Gasteiger partial charge in [0.05, 0.1) is 18.7 Å². The maximum atomic E-state index is 15.7. The van der Waals surface area contributed by atoms with E-state index in [0.717, 1.165) is 16.2 Å². The number of carbonyl (C=O) groups excluding carboxylic acids is 1. The smallest absolute Gasteiger partial charge is 0.305 e. The second-order valence-electron chi connectivity index (χ2n) is 10.2. The summed E-state index contributed by atoms with van der Waals surface area (Å²) in [6, 6.07) is 12.4. The first-order valence-corrected chi connectivity index (χ1v) is 13.1. The number of pyridine rings is 1. The predicted octanol–water partition coefficient (Wildman–Crippen LogP) is 6.18. The highest BCUT2D eigenvalue weighted by Gasteiger charge is 2.32. The Labute approximate surface area is 237 Å². The van der Waals surface area contributed by atoms with Gasteiger partial charge in [-0.25, -0.2) is 8.78 Å². The molecule has 1 aliphatic heterocycles. The third-order valence-electron chi connectivity index (χ3n) is 7.43. The number of carboxylic acids is 1. The van der Waals surface area contributed by atoms with E-state index in [4.69, 9.17) is 9.15 Å². The van der Waals surface area contributed by atoms with E-state index in [9.17, 15) is 19.5 Å².